The lowest BCUT2D eigenvalue weighted by Gasteiger charge is -2.18. The van der Waals surface area contributed by atoms with Gasteiger partial charge < -0.3 is 9.67 Å². The van der Waals surface area contributed by atoms with Crippen LogP contribution in [0.15, 0.2) is 18.3 Å². The topological polar surface area (TPSA) is 42.2 Å². The van der Waals surface area contributed by atoms with Crippen LogP contribution in [0, 0.1) is 0 Å². The van der Waals surface area contributed by atoms with E-state index in [1.807, 2.05) is 16.8 Å². The molecule has 0 unspecified atom stereocenters. The summed E-state index contributed by atoms with van der Waals surface area (Å²) in [5.41, 5.74) is 0.432. The summed E-state index contributed by atoms with van der Waals surface area (Å²) in [6, 6.07) is 3.91. The van der Waals surface area contributed by atoms with Crippen molar-refractivity contribution in [2.75, 3.05) is 0 Å². The second kappa shape index (κ2) is 4.51. The Kier molecular flexibility index (Phi) is 3.09. The third kappa shape index (κ3) is 2.22. The van der Waals surface area contributed by atoms with E-state index in [4.69, 9.17) is 5.11 Å². The summed E-state index contributed by atoms with van der Waals surface area (Å²) < 4.78 is 1.94. The summed E-state index contributed by atoms with van der Waals surface area (Å²) in [6.07, 6.45) is 9.17. The second-order valence-electron chi connectivity index (χ2n) is 4.25. The van der Waals surface area contributed by atoms with Gasteiger partial charge in [-0.1, -0.05) is 25.7 Å². The first kappa shape index (κ1) is 10.3. The fourth-order valence-electron chi connectivity index (χ4n) is 2.43. The predicted molar refractivity (Wildman–Crippen MR) is 58.1 cm³/mol. The first-order chi connectivity index (χ1) is 7.29. The summed E-state index contributed by atoms with van der Waals surface area (Å²) in [5.74, 6) is -0.816. The Bertz CT molecular complexity index is 335. The number of aromatic carboxylic acids is 1. The van der Waals surface area contributed by atoms with E-state index in [9.17, 15) is 4.79 Å². The minimum atomic E-state index is -0.816. The zero-order valence-electron chi connectivity index (χ0n) is 8.85. The average Bonchev–Trinajstić information content (AvgIpc) is 2.55. The van der Waals surface area contributed by atoms with E-state index in [2.05, 4.69) is 0 Å². The molecule has 0 atom stereocenters. The molecule has 0 aromatic carbocycles. The van der Waals surface area contributed by atoms with Crippen LogP contribution in [0.1, 0.15) is 55.1 Å². The number of nitrogens with zero attached hydrogens (tertiary/aromatic N) is 1. The quantitative estimate of drug-likeness (QED) is 0.757. The summed E-state index contributed by atoms with van der Waals surface area (Å²) in [4.78, 5) is 11.0. The van der Waals surface area contributed by atoms with E-state index in [1.165, 1.54) is 25.7 Å². The monoisotopic (exact) mass is 207 g/mol. The van der Waals surface area contributed by atoms with Gasteiger partial charge in [-0.05, 0) is 25.0 Å². The van der Waals surface area contributed by atoms with Crippen LogP contribution in [0.25, 0.3) is 0 Å². The Morgan fingerprint density at radius 2 is 1.93 bits per heavy atom. The summed E-state index contributed by atoms with van der Waals surface area (Å²) in [6.45, 7) is 0. The van der Waals surface area contributed by atoms with Crippen LogP contribution in [0.4, 0.5) is 0 Å². The smallest absolute Gasteiger partial charge is 0.352 e. The number of carboxylic acids is 1. The molecule has 3 nitrogen and oxygen atoms in total. The van der Waals surface area contributed by atoms with E-state index in [0.29, 0.717) is 11.7 Å². The molecule has 1 fully saturated rings. The van der Waals surface area contributed by atoms with Gasteiger partial charge in [-0.2, -0.15) is 0 Å². The molecule has 15 heavy (non-hydrogen) atoms. The van der Waals surface area contributed by atoms with Crippen molar-refractivity contribution in [1.82, 2.24) is 4.57 Å². The van der Waals surface area contributed by atoms with Gasteiger partial charge in [-0.3, -0.25) is 0 Å². The molecule has 1 saturated carbocycles. The van der Waals surface area contributed by atoms with Gasteiger partial charge in [-0.25, -0.2) is 4.79 Å². The molecule has 0 saturated heterocycles. The predicted octanol–water partition coefficient (Wildman–Crippen LogP) is 3.08. The van der Waals surface area contributed by atoms with Crippen LogP contribution in [0.3, 0.4) is 0 Å². The van der Waals surface area contributed by atoms with Crippen LogP contribution < -0.4 is 0 Å². The maximum absolute atomic E-state index is 11.0. The molecule has 0 spiro atoms. The van der Waals surface area contributed by atoms with E-state index in [1.54, 1.807) is 6.07 Å². The summed E-state index contributed by atoms with van der Waals surface area (Å²) in [7, 11) is 0. The number of aromatic nitrogens is 1. The molecular weight excluding hydrogens is 190 g/mol. The molecule has 1 aliphatic carbocycles. The second-order valence-corrected chi connectivity index (χ2v) is 4.25. The van der Waals surface area contributed by atoms with E-state index in [0.717, 1.165) is 12.8 Å². The minimum absolute atomic E-state index is 0.397. The Balaban J connectivity index is 2.19. The van der Waals surface area contributed by atoms with Crippen molar-refractivity contribution in [3.05, 3.63) is 24.0 Å². The fourth-order valence-corrected chi connectivity index (χ4v) is 2.43. The molecule has 0 amide bonds. The highest BCUT2D eigenvalue weighted by Crippen LogP contribution is 2.28. The number of hydrogen-bond acceptors (Lipinski definition) is 1. The third-order valence-electron chi connectivity index (χ3n) is 3.22. The maximum atomic E-state index is 11.0. The van der Waals surface area contributed by atoms with Gasteiger partial charge in [0.2, 0.25) is 0 Å². The molecule has 0 bridgehead atoms. The SMILES string of the molecule is O=C(O)c1cccn1C1CCCCCC1. The van der Waals surface area contributed by atoms with Gasteiger partial charge in [0.25, 0.3) is 0 Å². The van der Waals surface area contributed by atoms with Crippen LogP contribution in [-0.2, 0) is 0 Å². The highest BCUT2D eigenvalue weighted by molar-refractivity contribution is 5.85. The average molecular weight is 207 g/mol. The molecule has 1 aliphatic rings. The van der Waals surface area contributed by atoms with Crippen molar-refractivity contribution >= 4 is 5.97 Å². The molecule has 0 radical (unpaired) electrons. The molecule has 1 heterocycles. The maximum Gasteiger partial charge on any atom is 0.352 e. The van der Waals surface area contributed by atoms with Crippen molar-refractivity contribution < 1.29 is 9.90 Å². The van der Waals surface area contributed by atoms with Gasteiger partial charge in [0, 0.05) is 12.2 Å². The largest absolute Gasteiger partial charge is 0.477 e. The molecule has 3 heteroatoms. The fraction of sp³-hybridized carbons (Fsp3) is 0.583. The normalized spacial score (nSPS) is 18.7. The van der Waals surface area contributed by atoms with Gasteiger partial charge in [0.1, 0.15) is 5.69 Å². The van der Waals surface area contributed by atoms with E-state index < -0.39 is 5.97 Å². The third-order valence-corrected chi connectivity index (χ3v) is 3.22. The van der Waals surface area contributed by atoms with E-state index >= 15 is 0 Å². The van der Waals surface area contributed by atoms with Gasteiger partial charge >= 0.3 is 5.97 Å². The zero-order chi connectivity index (χ0) is 10.7. The highest BCUT2D eigenvalue weighted by atomic mass is 16.4. The standard InChI is InChI=1S/C12H17NO2/c14-12(15)11-8-5-9-13(11)10-6-3-1-2-4-7-10/h5,8-10H,1-4,6-7H2,(H,14,15). The minimum Gasteiger partial charge on any atom is -0.477 e. The number of rotatable bonds is 2. The van der Waals surface area contributed by atoms with Gasteiger partial charge in [-0.15, -0.1) is 0 Å². The van der Waals surface area contributed by atoms with Crippen LogP contribution >= 0.6 is 0 Å². The lowest BCUT2D eigenvalue weighted by molar-refractivity contribution is 0.0682. The van der Waals surface area contributed by atoms with Crippen molar-refractivity contribution in [1.29, 1.82) is 0 Å². The molecule has 82 valence electrons. The number of carboxylic acid groups (broad SMARTS) is 1. The van der Waals surface area contributed by atoms with Crippen molar-refractivity contribution in [3.8, 4) is 0 Å². The van der Waals surface area contributed by atoms with Crippen LogP contribution in [0.2, 0.25) is 0 Å². The van der Waals surface area contributed by atoms with Crippen LogP contribution in [0.5, 0.6) is 0 Å². The lowest BCUT2D eigenvalue weighted by Crippen LogP contribution is -2.13. The lowest BCUT2D eigenvalue weighted by atomic mass is 10.1. The summed E-state index contributed by atoms with van der Waals surface area (Å²) in [5, 5.41) is 9.03. The Morgan fingerprint density at radius 1 is 1.27 bits per heavy atom. The zero-order valence-corrected chi connectivity index (χ0v) is 8.85. The highest BCUT2D eigenvalue weighted by Gasteiger charge is 2.18. The Hall–Kier alpha value is -1.25. The number of carbonyl (C=O) groups is 1. The molecule has 1 aromatic rings. The Labute approximate surface area is 89.7 Å². The Morgan fingerprint density at radius 3 is 2.53 bits per heavy atom. The first-order valence-corrected chi connectivity index (χ1v) is 5.69. The number of hydrogen-bond donors (Lipinski definition) is 1. The van der Waals surface area contributed by atoms with Crippen LogP contribution in [-0.4, -0.2) is 15.6 Å². The van der Waals surface area contributed by atoms with Crippen molar-refractivity contribution in [2.24, 2.45) is 0 Å². The first-order valence-electron chi connectivity index (χ1n) is 5.69. The van der Waals surface area contributed by atoms with Gasteiger partial charge in [0.15, 0.2) is 0 Å². The van der Waals surface area contributed by atoms with Crippen molar-refractivity contribution in [2.45, 2.75) is 44.6 Å². The van der Waals surface area contributed by atoms with Gasteiger partial charge in [0.05, 0.1) is 0 Å². The molecule has 0 aliphatic heterocycles. The molecule has 1 N–H and O–H groups in total. The van der Waals surface area contributed by atoms with Crippen molar-refractivity contribution in [3.63, 3.8) is 0 Å². The molecule has 2 rings (SSSR count). The molecule has 1 aromatic heterocycles. The molecular formula is C12H17NO2. The summed E-state index contributed by atoms with van der Waals surface area (Å²) >= 11 is 0. The van der Waals surface area contributed by atoms with E-state index in [-0.39, 0.29) is 0 Å².